The average molecular weight is 264 g/mol. The van der Waals surface area contributed by atoms with Crippen LogP contribution in [-0.4, -0.2) is 49.5 Å². The molecule has 0 radical (unpaired) electrons. The lowest BCUT2D eigenvalue weighted by molar-refractivity contribution is -0.401. The maximum Gasteiger partial charge on any atom is 0.318 e. The second-order valence-corrected chi connectivity index (χ2v) is 3.88. The Labute approximate surface area is 106 Å². The van der Waals surface area contributed by atoms with Crippen molar-refractivity contribution in [3.63, 3.8) is 0 Å². The van der Waals surface area contributed by atoms with Gasteiger partial charge in [0.05, 0.1) is 6.42 Å². The summed E-state index contributed by atoms with van der Waals surface area (Å²) >= 11 is 0. The molecule has 0 bridgehead atoms. The van der Waals surface area contributed by atoms with Crippen LogP contribution in [-0.2, 0) is 23.8 Å². The van der Waals surface area contributed by atoms with Crippen LogP contribution in [0, 0.1) is 5.41 Å². The van der Waals surface area contributed by atoms with Gasteiger partial charge in [-0.1, -0.05) is 13.3 Å². The summed E-state index contributed by atoms with van der Waals surface area (Å²) in [5.41, 5.74) is -1.81. The van der Waals surface area contributed by atoms with Crippen molar-refractivity contribution in [1.29, 1.82) is 0 Å². The molecule has 0 rings (SSSR count). The highest BCUT2D eigenvalue weighted by molar-refractivity contribution is 5.82. The van der Waals surface area contributed by atoms with Crippen LogP contribution in [0.5, 0.6) is 0 Å². The van der Waals surface area contributed by atoms with E-state index in [1.165, 1.54) is 21.3 Å². The van der Waals surface area contributed by atoms with Gasteiger partial charge in [-0.2, -0.15) is 0 Å². The molecule has 0 saturated carbocycles. The Bertz CT molecular complexity index is 290. The van der Waals surface area contributed by atoms with Crippen LogP contribution in [0.3, 0.4) is 0 Å². The normalized spacial score (nSPS) is 15.1. The lowest BCUT2D eigenvalue weighted by atomic mass is 9.77. The zero-order valence-electron chi connectivity index (χ0n) is 11.1. The first-order valence-corrected chi connectivity index (χ1v) is 5.46. The smallest absolute Gasteiger partial charge is 0.318 e. The molecule has 18 heavy (non-hydrogen) atoms. The lowest BCUT2D eigenvalue weighted by Crippen LogP contribution is -2.58. The van der Waals surface area contributed by atoms with Crippen LogP contribution >= 0.6 is 0 Å². The van der Waals surface area contributed by atoms with Crippen molar-refractivity contribution in [1.82, 2.24) is 0 Å². The molecule has 106 valence electrons. The number of rotatable bonds is 9. The Hall–Kier alpha value is -1.18. The second-order valence-electron chi connectivity index (χ2n) is 3.88. The van der Waals surface area contributed by atoms with E-state index < -0.39 is 29.7 Å². The lowest BCUT2D eigenvalue weighted by Gasteiger charge is -2.42. The summed E-state index contributed by atoms with van der Waals surface area (Å²) < 4.78 is 15.1. The molecule has 1 unspecified atom stereocenters. The van der Waals surface area contributed by atoms with Crippen molar-refractivity contribution >= 4 is 11.9 Å². The van der Waals surface area contributed by atoms with Gasteiger partial charge in [-0.15, -0.1) is 0 Å². The average Bonchev–Trinajstić information content (AvgIpc) is 2.31. The summed E-state index contributed by atoms with van der Waals surface area (Å²) in [7, 11) is 3.63. The minimum atomic E-state index is -1.94. The number of aliphatic carboxylic acids is 2. The summed E-state index contributed by atoms with van der Waals surface area (Å²) in [6.07, 6.45) is -0.173. The topological polar surface area (TPSA) is 102 Å². The Morgan fingerprint density at radius 3 is 1.72 bits per heavy atom. The van der Waals surface area contributed by atoms with E-state index in [0.717, 1.165) is 0 Å². The third kappa shape index (κ3) is 2.80. The molecule has 0 aliphatic rings. The first-order valence-electron chi connectivity index (χ1n) is 5.46. The molecule has 0 aromatic heterocycles. The van der Waals surface area contributed by atoms with Crippen molar-refractivity contribution in [3.05, 3.63) is 0 Å². The molecule has 0 aliphatic carbocycles. The van der Waals surface area contributed by atoms with Crippen LogP contribution in [0.15, 0.2) is 0 Å². The number of hydrogen-bond donors (Lipinski definition) is 2. The number of methoxy groups -OCH3 is 3. The van der Waals surface area contributed by atoms with E-state index >= 15 is 0 Å². The Morgan fingerprint density at radius 2 is 1.50 bits per heavy atom. The zero-order valence-corrected chi connectivity index (χ0v) is 11.1. The van der Waals surface area contributed by atoms with E-state index in [9.17, 15) is 14.7 Å². The summed E-state index contributed by atoms with van der Waals surface area (Å²) in [6, 6.07) is 0. The van der Waals surface area contributed by atoms with E-state index in [0.29, 0.717) is 6.42 Å². The second kappa shape index (κ2) is 6.67. The molecule has 1 atom stereocenters. The van der Waals surface area contributed by atoms with Gasteiger partial charge in [0.25, 0.3) is 5.97 Å². The third-order valence-corrected chi connectivity index (χ3v) is 2.93. The summed E-state index contributed by atoms with van der Waals surface area (Å²) in [6.45, 7) is 1.74. The first-order chi connectivity index (χ1) is 8.35. The van der Waals surface area contributed by atoms with Crippen LogP contribution in [0.25, 0.3) is 0 Å². The largest absolute Gasteiger partial charge is 0.481 e. The monoisotopic (exact) mass is 264 g/mol. The molecular weight excluding hydrogens is 244 g/mol. The van der Waals surface area contributed by atoms with Crippen LogP contribution in [0.2, 0.25) is 0 Å². The molecule has 0 heterocycles. The van der Waals surface area contributed by atoms with Gasteiger partial charge in [-0.3, -0.25) is 9.59 Å². The predicted octanol–water partition coefficient (Wildman–Crippen LogP) is 0.925. The van der Waals surface area contributed by atoms with Crippen molar-refractivity contribution in [2.45, 2.75) is 32.2 Å². The third-order valence-electron chi connectivity index (χ3n) is 2.93. The van der Waals surface area contributed by atoms with E-state index in [1.807, 2.05) is 0 Å². The SMILES string of the molecule is CCCC(CC(=O)O)(C(=O)O)C(OC)(OC)OC. The van der Waals surface area contributed by atoms with Crippen molar-refractivity contribution in [3.8, 4) is 0 Å². The number of hydrogen-bond acceptors (Lipinski definition) is 5. The summed E-state index contributed by atoms with van der Waals surface area (Å²) in [5, 5.41) is 18.4. The summed E-state index contributed by atoms with van der Waals surface area (Å²) in [5.74, 6) is -4.54. The molecular formula is C11H20O7. The first kappa shape index (κ1) is 16.8. The van der Waals surface area contributed by atoms with Crippen LogP contribution in [0.1, 0.15) is 26.2 Å². The molecule has 0 fully saturated rings. The van der Waals surface area contributed by atoms with E-state index in [1.54, 1.807) is 6.92 Å². The van der Waals surface area contributed by atoms with E-state index in [4.69, 9.17) is 19.3 Å². The van der Waals surface area contributed by atoms with Gasteiger partial charge in [-0.05, 0) is 6.42 Å². The number of carbonyl (C=O) groups is 2. The minimum Gasteiger partial charge on any atom is -0.481 e. The fourth-order valence-electron chi connectivity index (χ4n) is 2.18. The highest BCUT2D eigenvalue weighted by atomic mass is 16.9. The molecule has 0 saturated heterocycles. The molecule has 0 amide bonds. The van der Waals surface area contributed by atoms with Gasteiger partial charge in [0.1, 0.15) is 0 Å². The molecule has 0 aromatic rings. The van der Waals surface area contributed by atoms with Gasteiger partial charge in [0.2, 0.25) is 0 Å². The maximum absolute atomic E-state index is 11.6. The van der Waals surface area contributed by atoms with Gasteiger partial charge in [0.15, 0.2) is 5.41 Å². The molecule has 7 nitrogen and oxygen atoms in total. The Kier molecular flexibility index (Phi) is 6.23. The van der Waals surface area contributed by atoms with Crippen molar-refractivity contribution < 1.29 is 34.0 Å². The molecule has 7 heteroatoms. The molecule has 0 aromatic carbocycles. The van der Waals surface area contributed by atoms with Crippen molar-refractivity contribution in [2.75, 3.05) is 21.3 Å². The molecule has 0 spiro atoms. The Balaban J connectivity index is 5.78. The quantitative estimate of drug-likeness (QED) is 0.597. The number of carboxylic acids is 2. The molecule has 2 N–H and O–H groups in total. The van der Waals surface area contributed by atoms with Gasteiger partial charge >= 0.3 is 11.9 Å². The zero-order chi connectivity index (χ0) is 14.4. The van der Waals surface area contributed by atoms with Crippen LogP contribution in [0.4, 0.5) is 0 Å². The predicted molar refractivity (Wildman–Crippen MR) is 61.0 cm³/mol. The van der Waals surface area contributed by atoms with Gasteiger partial charge in [-0.25, -0.2) is 0 Å². The minimum absolute atomic E-state index is 0.0458. The highest BCUT2D eigenvalue weighted by Crippen LogP contribution is 2.43. The van der Waals surface area contributed by atoms with Crippen molar-refractivity contribution in [2.24, 2.45) is 5.41 Å². The Morgan fingerprint density at radius 1 is 1.06 bits per heavy atom. The van der Waals surface area contributed by atoms with Crippen LogP contribution < -0.4 is 0 Å². The summed E-state index contributed by atoms with van der Waals surface area (Å²) in [4.78, 5) is 22.5. The number of carboxylic acid groups (broad SMARTS) is 2. The standard InChI is InChI=1S/C11H20O7/c1-5-6-10(9(14)15,7-8(12)13)11(16-2,17-3)18-4/h5-7H2,1-4H3,(H,12,13)(H,14,15). The van der Waals surface area contributed by atoms with Gasteiger partial charge < -0.3 is 24.4 Å². The highest BCUT2D eigenvalue weighted by Gasteiger charge is 2.60. The maximum atomic E-state index is 11.6. The van der Waals surface area contributed by atoms with E-state index in [-0.39, 0.29) is 6.42 Å². The fourth-order valence-corrected chi connectivity index (χ4v) is 2.18. The fraction of sp³-hybridized carbons (Fsp3) is 0.818. The number of ether oxygens (including phenoxy) is 3. The van der Waals surface area contributed by atoms with Gasteiger partial charge in [0, 0.05) is 21.3 Å². The van der Waals surface area contributed by atoms with E-state index in [2.05, 4.69) is 0 Å². The molecule has 0 aliphatic heterocycles.